The van der Waals surface area contributed by atoms with Crippen LogP contribution < -0.4 is 16.0 Å². The monoisotopic (exact) mass is 392 g/mol. The molecule has 0 aromatic heterocycles. The summed E-state index contributed by atoms with van der Waals surface area (Å²) in [6.07, 6.45) is 4.12. The predicted molar refractivity (Wildman–Crippen MR) is 108 cm³/mol. The number of anilines is 1. The van der Waals surface area contributed by atoms with Gasteiger partial charge in [-0.3, -0.25) is 14.5 Å². The molecule has 0 saturated carbocycles. The van der Waals surface area contributed by atoms with Crippen LogP contribution in [0.15, 0.2) is 18.2 Å². The first kappa shape index (κ1) is 20.1. The zero-order chi connectivity index (χ0) is 19.2. The minimum absolute atomic E-state index is 0.0276. The van der Waals surface area contributed by atoms with Crippen molar-refractivity contribution in [3.05, 3.63) is 28.8 Å². The van der Waals surface area contributed by atoms with E-state index in [2.05, 4.69) is 20.9 Å². The van der Waals surface area contributed by atoms with Crippen molar-refractivity contribution < 1.29 is 9.59 Å². The molecule has 2 aliphatic rings. The second-order valence-electron chi connectivity index (χ2n) is 7.64. The van der Waals surface area contributed by atoms with Gasteiger partial charge in [-0.2, -0.15) is 0 Å². The van der Waals surface area contributed by atoms with Crippen LogP contribution in [0.25, 0.3) is 0 Å². The maximum Gasteiger partial charge on any atom is 0.238 e. The van der Waals surface area contributed by atoms with E-state index in [4.69, 9.17) is 11.6 Å². The quantitative estimate of drug-likeness (QED) is 0.693. The van der Waals surface area contributed by atoms with E-state index in [-0.39, 0.29) is 17.9 Å². The number of nitrogens with one attached hydrogen (secondary N) is 3. The lowest BCUT2D eigenvalue weighted by Gasteiger charge is -2.32. The maximum absolute atomic E-state index is 12.4. The first-order chi connectivity index (χ1) is 13.0. The number of aryl methyl sites for hydroxylation is 1. The number of hydrogen-bond donors (Lipinski definition) is 3. The third-order valence-electron chi connectivity index (χ3n) is 5.39. The van der Waals surface area contributed by atoms with Gasteiger partial charge in [0.25, 0.3) is 0 Å². The molecule has 27 heavy (non-hydrogen) atoms. The zero-order valence-electron chi connectivity index (χ0n) is 15.9. The normalized spacial score (nSPS) is 23.2. The van der Waals surface area contributed by atoms with Gasteiger partial charge < -0.3 is 16.0 Å². The van der Waals surface area contributed by atoms with E-state index in [0.717, 1.165) is 56.6 Å². The maximum atomic E-state index is 12.4. The summed E-state index contributed by atoms with van der Waals surface area (Å²) in [7, 11) is 0. The molecule has 2 heterocycles. The molecule has 1 aromatic carbocycles. The zero-order valence-corrected chi connectivity index (χ0v) is 16.6. The number of carbonyl (C=O) groups is 2. The van der Waals surface area contributed by atoms with E-state index < -0.39 is 0 Å². The number of halogens is 1. The SMILES string of the molecule is Cc1ccc(Cl)cc1NC(=O)CN1CCCC(CNC(=O)C2CCCN2)C1. The van der Waals surface area contributed by atoms with E-state index in [1.807, 2.05) is 19.1 Å². The van der Waals surface area contributed by atoms with Crippen LogP contribution in [0.5, 0.6) is 0 Å². The van der Waals surface area contributed by atoms with E-state index in [9.17, 15) is 9.59 Å². The van der Waals surface area contributed by atoms with Gasteiger partial charge in [-0.15, -0.1) is 0 Å². The van der Waals surface area contributed by atoms with Crippen LogP contribution in [0.3, 0.4) is 0 Å². The van der Waals surface area contributed by atoms with Crippen LogP contribution >= 0.6 is 11.6 Å². The third-order valence-corrected chi connectivity index (χ3v) is 5.62. The number of rotatable bonds is 6. The summed E-state index contributed by atoms with van der Waals surface area (Å²) in [6, 6.07) is 5.46. The van der Waals surface area contributed by atoms with E-state index in [0.29, 0.717) is 24.0 Å². The number of benzene rings is 1. The molecule has 2 fully saturated rings. The Labute approximate surface area is 166 Å². The standard InChI is InChI=1S/C20H29ClN4O2/c1-14-6-7-16(21)10-18(14)24-19(26)13-25-9-3-4-15(12-25)11-23-20(27)17-5-2-8-22-17/h6-7,10,15,17,22H,2-5,8-9,11-13H2,1H3,(H,23,27)(H,24,26). The van der Waals surface area contributed by atoms with Crippen LogP contribution in [0.1, 0.15) is 31.2 Å². The molecular formula is C20H29ClN4O2. The number of hydrogen-bond acceptors (Lipinski definition) is 4. The average molecular weight is 393 g/mol. The van der Waals surface area contributed by atoms with Crippen LogP contribution in [0.4, 0.5) is 5.69 Å². The van der Waals surface area contributed by atoms with Gasteiger partial charge in [-0.05, 0) is 69.3 Å². The van der Waals surface area contributed by atoms with Crippen molar-refractivity contribution >= 4 is 29.1 Å². The number of carbonyl (C=O) groups excluding carboxylic acids is 2. The lowest BCUT2D eigenvalue weighted by molar-refractivity contribution is -0.123. The Hall–Kier alpha value is -1.63. The molecule has 2 saturated heterocycles. The minimum atomic E-state index is -0.0311. The second-order valence-corrected chi connectivity index (χ2v) is 8.08. The van der Waals surface area contributed by atoms with Gasteiger partial charge >= 0.3 is 0 Å². The molecule has 2 aliphatic heterocycles. The Morgan fingerprint density at radius 1 is 1.30 bits per heavy atom. The highest BCUT2D eigenvalue weighted by Crippen LogP contribution is 2.21. The average Bonchev–Trinajstić information content (AvgIpc) is 3.18. The van der Waals surface area contributed by atoms with E-state index in [1.165, 1.54) is 0 Å². The lowest BCUT2D eigenvalue weighted by atomic mass is 9.98. The summed E-state index contributed by atoms with van der Waals surface area (Å²) >= 11 is 6.02. The molecule has 0 spiro atoms. The number of amides is 2. The van der Waals surface area contributed by atoms with Crippen LogP contribution in [0, 0.1) is 12.8 Å². The van der Waals surface area contributed by atoms with Gasteiger partial charge in [0.2, 0.25) is 11.8 Å². The molecular weight excluding hydrogens is 364 g/mol. The van der Waals surface area contributed by atoms with E-state index >= 15 is 0 Å². The van der Waals surface area contributed by atoms with Gasteiger partial charge in [0.1, 0.15) is 0 Å². The first-order valence-corrected chi connectivity index (χ1v) is 10.2. The molecule has 0 aliphatic carbocycles. The Bertz CT molecular complexity index is 676. The third kappa shape index (κ3) is 5.92. The van der Waals surface area contributed by atoms with E-state index in [1.54, 1.807) is 6.07 Å². The molecule has 7 heteroatoms. The Morgan fingerprint density at radius 3 is 2.93 bits per heavy atom. The van der Waals surface area contributed by atoms with Gasteiger partial charge in [0, 0.05) is 23.8 Å². The van der Waals surface area contributed by atoms with Crippen molar-refractivity contribution in [2.24, 2.45) is 5.92 Å². The summed E-state index contributed by atoms with van der Waals surface area (Å²) < 4.78 is 0. The fourth-order valence-corrected chi connectivity index (χ4v) is 4.03. The van der Waals surface area contributed by atoms with Crippen LogP contribution in [-0.2, 0) is 9.59 Å². The number of likely N-dealkylation sites (tertiary alicyclic amines) is 1. The predicted octanol–water partition coefficient (Wildman–Crippen LogP) is 2.17. The molecule has 2 unspecified atom stereocenters. The van der Waals surface area contributed by atoms with Gasteiger partial charge in [-0.25, -0.2) is 0 Å². The second kappa shape index (κ2) is 9.53. The number of nitrogens with zero attached hydrogens (tertiary/aromatic N) is 1. The Balaban J connectivity index is 1.44. The van der Waals surface area contributed by atoms with Gasteiger partial charge in [0.15, 0.2) is 0 Å². The first-order valence-electron chi connectivity index (χ1n) is 9.80. The summed E-state index contributed by atoms with van der Waals surface area (Å²) in [5.74, 6) is 0.476. The van der Waals surface area contributed by atoms with Crippen molar-refractivity contribution in [3.63, 3.8) is 0 Å². The highest BCUT2D eigenvalue weighted by atomic mass is 35.5. The fraction of sp³-hybridized carbons (Fsp3) is 0.600. The molecule has 0 radical (unpaired) electrons. The van der Waals surface area contributed by atoms with Crippen LogP contribution in [-0.4, -0.2) is 55.5 Å². The van der Waals surface area contributed by atoms with Crippen molar-refractivity contribution in [2.75, 3.05) is 38.0 Å². The van der Waals surface area contributed by atoms with Crippen molar-refractivity contribution in [2.45, 2.75) is 38.6 Å². The highest BCUT2D eigenvalue weighted by Gasteiger charge is 2.25. The molecule has 1 aromatic rings. The molecule has 6 nitrogen and oxygen atoms in total. The molecule has 0 bridgehead atoms. The highest BCUT2D eigenvalue weighted by molar-refractivity contribution is 6.31. The largest absolute Gasteiger partial charge is 0.354 e. The van der Waals surface area contributed by atoms with Crippen molar-refractivity contribution in [3.8, 4) is 0 Å². The van der Waals surface area contributed by atoms with Crippen molar-refractivity contribution in [1.29, 1.82) is 0 Å². The summed E-state index contributed by atoms with van der Waals surface area (Å²) in [6.45, 7) is 5.67. The number of piperidine rings is 1. The molecule has 2 amide bonds. The fourth-order valence-electron chi connectivity index (χ4n) is 3.86. The van der Waals surface area contributed by atoms with Gasteiger partial charge in [-0.1, -0.05) is 17.7 Å². The molecule has 3 rings (SSSR count). The Morgan fingerprint density at radius 2 is 2.15 bits per heavy atom. The lowest BCUT2D eigenvalue weighted by Crippen LogP contribution is -2.46. The molecule has 148 valence electrons. The minimum Gasteiger partial charge on any atom is -0.354 e. The van der Waals surface area contributed by atoms with Crippen LogP contribution in [0.2, 0.25) is 5.02 Å². The summed E-state index contributed by atoms with van der Waals surface area (Å²) in [5, 5.41) is 9.87. The topological polar surface area (TPSA) is 73.5 Å². The summed E-state index contributed by atoms with van der Waals surface area (Å²) in [5.41, 5.74) is 1.75. The molecule has 3 N–H and O–H groups in total. The Kier molecular flexibility index (Phi) is 7.10. The van der Waals surface area contributed by atoms with Gasteiger partial charge in [0.05, 0.1) is 12.6 Å². The van der Waals surface area contributed by atoms with Crippen molar-refractivity contribution in [1.82, 2.24) is 15.5 Å². The summed E-state index contributed by atoms with van der Waals surface area (Å²) in [4.78, 5) is 26.7. The smallest absolute Gasteiger partial charge is 0.238 e. The molecule has 2 atom stereocenters.